The minimum Gasteiger partial charge on any atom is -0.444 e. The Bertz CT molecular complexity index is 1090. The number of thiazole rings is 1. The van der Waals surface area contributed by atoms with E-state index in [0.29, 0.717) is 10.4 Å². The van der Waals surface area contributed by atoms with Crippen LogP contribution in [0.5, 0.6) is 0 Å². The van der Waals surface area contributed by atoms with Gasteiger partial charge in [0.1, 0.15) is 5.01 Å². The SMILES string of the molecule is Cc1sc(-c2ccccc2)nc1-c1ccc(NC(=O)c2ccc(Br)o2)cc1. The zero-order valence-electron chi connectivity index (χ0n) is 14.4. The molecule has 2 aromatic carbocycles. The molecule has 1 N–H and O–H groups in total. The summed E-state index contributed by atoms with van der Waals surface area (Å²) >= 11 is 4.87. The molecular weight excluding hydrogens is 424 g/mol. The molecule has 0 atom stereocenters. The Balaban J connectivity index is 1.54. The third kappa shape index (κ3) is 3.86. The van der Waals surface area contributed by atoms with Crippen molar-refractivity contribution in [3.05, 3.63) is 82.0 Å². The Labute approximate surface area is 169 Å². The van der Waals surface area contributed by atoms with Gasteiger partial charge in [-0.2, -0.15) is 0 Å². The van der Waals surface area contributed by atoms with Gasteiger partial charge < -0.3 is 9.73 Å². The van der Waals surface area contributed by atoms with Gasteiger partial charge in [-0.05, 0) is 47.1 Å². The first-order valence-corrected chi connectivity index (χ1v) is 9.91. The van der Waals surface area contributed by atoms with Gasteiger partial charge in [0.15, 0.2) is 10.4 Å². The number of amides is 1. The molecule has 4 aromatic rings. The average molecular weight is 439 g/mol. The molecule has 0 aliphatic carbocycles. The minimum absolute atomic E-state index is 0.258. The maximum absolute atomic E-state index is 12.2. The average Bonchev–Trinajstić information content (AvgIpc) is 3.29. The largest absolute Gasteiger partial charge is 0.444 e. The van der Waals surface area contributed by atoms with Crippen molar-refractivity contribution >= 4 is 38.9 Å². The quantitative estimate of drug-likeness (QED) is 0.401. The third-order valence-electron chi connectivity index (χ3n) is 4.03. The van der Waals surface area contributed by atoms with Gasteiger partial charge in [-0.1, -0.05) is 42.5 Å². The summed E-state index contributed by atoms with van der Waals surface area (Å²) in [5, 5.41) is 3.83. The van der Waals surface area contributed by atoms with E-state index in [4.69, 9.17) is 9.40 Å². The first-order valence-electron chi connectivity index (χ1n) is 8.30. The Kier molecular flexibility index (Phi) is 4.92. The number of hydrogen-bond acceptors (Lipinski definition) is 4. The van der Waals surface area contributed by atoms with Crippen LogP contribution in [0.2, 0.25) is 0 Å². The summed E-state index contributed by atoms with van der Waals surface area (Å²) in [5.74, 6) is -0.0292. The summed E-state index contributed by atoms with van der Waals surface area (Å²) in [6.07, 6.45) is 0. The number of furan rings is 1. The lowest BCUT2D eigenvalue weighted by Crippen LogP contribution is -2.10. The minimum atomic E-state index is -0.287. The fourth-order valence-electron chi connectivity index (χ4n) is 2.71. The van der Waals surface area contributed by atoms with E-state index in [1.165, 1.54) is 0 Å². The maximum atomic E-state index is 12.2. The lowest BCUT2D eigenvalue weighted by molar-refractivity contribution is 0.0995. The number of hydrogen-bond donors (Lipinski definition) is 1. The number of nitrogens with zero attached hydrogens (tertiary/aromatic N) is 1. The van der Waals surface area contributed by atoms with Gasteiger partial charge in [-0.3, -0.25) is 4.79 Å². The molecule has 134 valence electrons. The van der Waals surface area contributed by atoms with Crippen molar-refractivity contribution in [3.63, 3.8) is 0 Å². The fraction of sp³-hybridized carbons (Fsp3) is 0.0476. The molecule has 0 unspecified atom stereocenters. The van der Waals surface area contributed by atoms with Crippen molar-refractivity contribution in [2.45, 2.75) is 6.92 Å². The van der Waals surface area contributed by atoms with Gasteiger partial charge in [0.05, 0.1) is 5.69 Å². The molecule has 0 bridgehead atoms. The molecule has 0 spiro atoms. The van der Waals surface area contributed by atoms with Gasteiger partial charge in [0.25, 0.3) is 5.91 Å². The van der Waals surface area contributed by atoms with Crippen LogP contribution in [0.3, 0.4) is 0 Å². The Hall–Kier alpha value is -2.70. The van der Waals surface area contributed by atoms with Crippen molar-refractivity contribution in [1.29, 1.82) is 0 Å². The van der Waals surface area contributed by atoms with Gasteiger partial charge in [0, 0.05) is 21.7 Å². The monoisotopic (exact) mass is 438 g/mol. The molecule has 4 nitrogen and oxygen atoms in total. The number of aromatic nitrogens is 1. The Morgan fingerprint density at radius 3 is 2.41 bits per heavy atom. The molecule has 0 saturated heterocycles. The second kappa shape index (κ2) is 7.50. The fourth-order valence-corrected chi connectivity index (χ4v) is 3.96. The van der Waals surface area contributed by atoms with Gasteiger partial charge >= 0.3 is 0 Å². The molecule has 0 saturated carbocycles. The first kappa shape index (κ1) is 17.7. The number of rotatable bonds is 4. The van der Waals surface area contributed by atoms with Crippen LogP contribution in [0.1, 0.15) is 15.4 Å². The zero-order valence-corrected chi connectivity index (χ0v) is 16.8. The molecule has 0 aliphatic heterocycles. The summed E-state index contributed by atoms with van der Waals surface area (Å²) in [4.78, 5) is 18.1. The van der Waals surface area contributed by atoms with Crippen LogP contribution < -0.4 is 5.32 Å². The Morgan fingerprint density at radius 2 is 1.74 bits per heavy atom. The number of nitrogens with one attached hydrogen (secondary N) is 1. The van der Waals surface area contributed by atoms with E-state index in [1.54, 1.807) is 23.5 Å². The molecule has 0 fully saturated rings. The van der Waals surface area contributed by atoms with Crippen LogP contribution in [-0.2, 0) is 0 Å². The molecule has 2 heterocycles. The van der Waals surface area contributed by atoms with Crippen LogP contribution in [0.4, 0.5) is 5.69 Å². The summed E-state index contributed by atoms with van der Waals surface area (Å²) in [5.41, 5.74) is 3.80. The van der Waals surface area contributed by atoms with Crippen LogP contribution >= 0.6 is 27.3 Å². The smallest absolute Gasteiger partial charge is 0.291 e. The predicted octanol–water partition coefficient (Wildman–Crippen LogP) is 6.39. The van der Waals surface area contributed by atoms with E-state index in [1.807, 2.05) is 42.5 Å². The number of benzene rings is 2. The second-order valence-electron chi connectivity index (χ2n) is 5.93. The number of anilines is 1. The number of carbonyl (C=O) groups is 1. The molecular formula is C21H15BrN2O2S. The Morgan fingerprint density at radius 1 is 1.00 bits per heavy atom. The zero-order chi connectivity index (χ0) is 18.8. The highest BCUT2D eigenvalue weighted by atomic mass is 79.9. The number of aryl methyl sites for hydroxylation is 1. The van der Waals surface area contributed by atoms with Crippen LogP contribution in [0.15, 0.2) is 75.8 Å². The molecule has 27 heavy (non-hydrogen) atoms. The molecule has 4 rings (SSSR count). The first-order chi connectivity index (χ1) is 13.1. The summed E-state index contributed by atoms with van der Waals surface area (Å²) in [6.45, 7) is 2.07. The topological polar surface area (TPSA) is 55.1 Å². The molecule has 0 radical (unpaired) electrons. The summed E-state index contributed by atoms with van der Waals surface area (Å²) in [7, 11) is 0. The molecule has 1 amide bonds. The number of halogens is 1. The lowest BCUT2D eigenvalue weighted by Gasteiger charge is -2.05. The van der Waals surface area contributed by atoms with E-state index in [9.17, 15) is 4.79 Å². The van der Waals surface area contributed by atoms with Crippen molar-refractivity contribution < 1.29 is 9.21 Å². The van der Waals surface area contributed by atoms with Crippen molar-refractivity contribution in [2.24, 2.45) is 0 Å². The lowest BCUT2D eigenvalue weighted by atomic mass is 10.1. The van der Waals surface area contributed by atoms with E-state index < -0.39 is 0 Å². The summed E-state index contributed by atoms with van der Waals surface area (Å²) < 4.78 is 5.79. The summed E-state index contributed by atoms with van der Waals surface area (Å²) in [6, 6.07) is 21.1. The van der Waals surface area contributed by atoms with E-state index in [2.05, 4.69) is 40.3 Å². The van der Waals surface area contributed by atoms with Gasteiger partial charge in [-0.25, -0.2) is 4.98 Å². The third-order valence-corrected chi connectivity index (χ3v) is 5.48. The van der Waals surface area contributed by atoms with E-state index in [0.717, 1.165) is 26.7 Å². The van der Waals surface area contributed by atoms with Crippen LogP contribution in [-0.4, -0.2) is 10.9 Å². The van der Waals surface area contributed by atoms with Gasteiger partial charge in [-0.15, -0.1) is 11.3 Å². The van der Waals surface area contributed by atoms with E-state index in [-0.39, 0.29) is 11.7 Å². The molecule has 2 aromatic heterocycles. The molecule has 0 aliphatic rings. The van der Waals surface area contributed by atoms with E-state index >= 15 is 0 Å². The van der Waals surface area contributed by atoms with Crippen molar-refractivity contribution in [1.82, 2.24) is 4.98 Å². The van der Waals surface area contributed by atoms with Crippen molar-refractivity contribution in [2.75, 3.05) is 5.32 Å². The predicted molar refractivity (Wildman–Crippen MR) is 112 cm³/mol. The standard InChI is InChI=1S/C21H15BrN2O2S/c1-13-19(24-21(27-13)15-5-3-2-4-6-15)14-7-9-16(10-8-14)23-20(25)17-11-12-18(22)26-17/h2-12H,1H3,(H,23,25). The number of carbonyl (C=O) groups excluding carboxylic acids is 1. The van der Waals surface area contributed by atoms with Crippen LogP contribution in [0, 0.1) is 6.92 Å². The normalized spacial score (nSPS) is 10.7. The highest BCUT2D eigenvalue weighted by molar-refractivity contribution is 9.10. The van der Waals surface area contributed by atoms with Gasteiger partial charge in [0.2, 0.25) is 0 Å². The van der Waals surface area contributed by atoms with Crippen LogP contribution in [0.25, 0.3) is 21.8 Å². The second-order valence-corrected chi connectivity index (χ2v) is 7.91. The maximum Gasteiger partial charge on any atom is 0.291 e. The van der Waals surface area contributed by atoms with Crippen molar-refractivity contribution in [3.8, 4) is 21.8 Å². The highest BCUT2D eigenvalue weighted by Gasteiger charge is 2.13. The highest BCUT2D eigenvalue weighted by Crippen LogP contribution is 2.33. The molecule has 6 heteroatoms.